The molecule has 7 nitrogen and oxygen atoms in total. The lowest BCUT2D eigenvalue weighted by molar-refractivity contribution is 0.599. The summed E-state index contributed by atoms with van der Waals surface area (Å²) >= 11 is 15.3. The number of nitrogens with zero attached hydrogens (tertiary/aromatic N) is 4. The third-order valence-corrected chi connectivity index (χ3v) is 6.55. The number of hydrogen-bond acceptors (Lipinski definition) is 4. The first-order valence-corrected chi connectivity index (χ1v) is 11.0. The summed E-state index contributed by atoms with van der Waals surface area (Å²) < 4.78 is 31.6. The van der Waals surface area contributed by atoms with Crippen molar-refractivity contribution >= 4 is 55.0 Å². The fourth-order valence-electron chi connectivity index (χ4n) is 2.48. The largest absolute Gasteiger partial charge is 0.271 e. The highest BCUT2D eigenvalue weighted by Gasteiger charge is 2.22. The zero-order chi connectivity index (χ0) is 19.8. The van der Waals surface area contributed by atoms with Gasteiger partial charge in [-0.05, 0) is 47.5 Å². The van der Waals surface area contributed by atoms with Crippen molar-refractivity contribution in [2.45, 2.75) is 31.8 Å². The monoisotopic (exact) mass is 491 g/mol. The van der Waals surface area contributed by atoms with E-state index in [0.29, 0.717) is 33.3 Å². The lowest BCUT2D eigenvalue weighted by Gasteiger charge is -2.05. The van der Waals surface area contributed by atoms with E-state index in [0.717, 1.165) is 5.56 Å². The predicted molar refractivity (Wildman–Crippen MR) is 109 cm³/mol. The van der Waals surface area contributed by atoms with Crippen LogP contribution in [0.15, 0.2) is 40.0 Å². The minimum Gasteiger partial charge on any atom is -0.271 e. The molecule has 0 saturated carbocycles. The highest BCUT2D eigenvalue weighted by molar-refractivity contribution is 9.10. The molecule has 0 unspecified atom stereocenters. The van der Waals surface area contributed by atoms with Crippen molar-refractivity contribution in [2.75, 3.05) is 4.72 Å². The molecule has 0 spiro atoms. The van der Waals surface area contributed by atoms with Gasteiger partial charge in [0, 0.05) is 18.9 Å². The van der Waals surface area contributed by atoms with Crippen LogP contribution in [0.2, 0.25) is 10.0 Å². The molecule has 2 heterocycles. The van der Waals surface area contributed by atoms with E-state index in [2.05, 4.69) is 30.8 Å². The second-order valence-electron chi connectivity index (χ2n) is 5.81. The summed E-state index contributed by atoms with van der Waals surface area (Å²) in [6, 6.07) is 5.28. The standard InChI is InChI=1S/C16H16BrCl2N5O2S/c1-3-23-9-15(10(2)20-23)27(25,26)22-16-12(17)8-24(21-16)7-11-4-5-13(18)14(19)6-11/h4-6,8-9H,3,7H2,1-2H3,(H,21,22). The Balaban J connectivity index is 1.83. The Hall–Kier alpha value is -1.55. The third kappa shape index (κ3) is 4.48. The highest BCUT2D eigenvalue weighted by Crippen LogP contribution is 2.26. The highest BCUT2D eigenvalue weighted by atomic mass is 79.9. The van der Waals surface area contributed by atoms with Crippen molar-refractivity contribution in [1.29, 1.82) is 0 Å². The molecule has 1 aromatic carbocycles. The zero-order valence-corrected chi connectivity index (χ0v) is 18.4. The number of rotatable bonds is 6. The van der Waals surface area contributed by atoms with Crippen molar-refractivity contribution in [3.63, 3.8) is 0 Å². The number of halogens is 3. The van der Waals surface area contributed by atoms with Crippen LogP contribution < -0.4 is 4.72 Å². The second kappa shape index (κ2) is 7.83. The van der Waals surface area contributed by atoms with Gasteiger partial charge in [-0.2, -0.15) is 10.2 Å². The maximum Gasteiger partial charge on any atom is 0.266 e. The second-order valence-corrected chi connectivity index (χ2v) is 9.13. The summed E-state index contributed by atoms with van der Waals surface area (Å²) in [6.07, 6.45) is 3.18. The maximum atomic E-state index is 12.7. The van der Waals surface area contributed by atoms with E-state index in [9.17, 15) is 8.42 Å². The van der Waals surface area contributed by atoms with E-state index in [1.807, 2.05) is 13.0 Å². The number of aryl methyl sites for hydroxylation is 2. The molecule has 0 fully saturated rings. The minimum absolute atomic E-state index is 0.121. The van der Waals surface area contributed by atoms with Gasteiger partial charge in [0.15, 0.2) is 5.82 Å². The zero-order valence-electron chi connectivity index (χ0n) is 14.4. The van der Waals surface area contributed by atoms with Crippen molar-refractivity contribution in [3.8, 4) is 0 Å². The smallest absolute Gasteiger partial charge is 0.266 e. The van der Waals surface area contributed by atoms with Gasteiger partial charge in [0.25, 0.3) is 10.0 Å². The fraction of sp³-hybridized carbons (Fsp3) is 0.250. The molecule has 0 bridgehead atoms. The minimum atomic E-state index is -3.81. The molecule has 0 amide bonds. The van der Waals surface area contributed by atoms with Gasteiger partial charge in [0.2, 0.25) is 0 Å². The maximum absolute atomic E-state index is 12.7. The summed E-state index contributed by atoms with van der Waals surface area (Å²) in [7, 11) is -3.81. The Labute approximate surface area is 175 Å². The van der Waals surface area contributed by atoms with Crippen LogP contribution in [0.1, 0.15) is 18.2 Å². The Morgan fingerprint density at radius 2 is 1.89 bits per heavy atom. The van der Waals surface area contributed by atoms with Crippen LogP contribution in [0.5, 0.6) is 0 Å². The Morgan fingerprint density at radius 3 is 2.52 bits per heavy atom. The van der Waals surface area contributed by atoms with Gasteiger partial charge in [-0.15, -0.1) is 0 Å². The average Bonchev–Trinajstić information content (AvgIpc) is 3.14. The molecule has 1 N–H and O–H groups in total. The third-order valence-electron chi connectivity index (χ3n) is 3.79. The molecule has 3 aromatic rings. The molecule has 2 aromatic heterocycles. The van der Waals surface area contributed by atoms with Crippen molar-refractivity contribution in [2.24, 2.45) is 0 Å². The molecule has 11 heteroatoms. The summed E-state index contributed by atoms with van der Waals surface area (Å²) in [5.74, 6) is 0.193. The van der Waals surface area contributed by atoms with Crippen molar-refractivity contribution in [1.82, 2.24) is 19.6 Å². The normalized spacial score (nSPS) is 11.7. The van der Waals surface area contributed by atoms with E-state index in [1.165, 1.54) is 6.20 Å². The number of benzene rings is 1. The van der Waals surface area contributed by atoms with Gasteiger partial charge in [-0.1, -0.05) is 29.3 Å². The number of hydrogen-bond donors (Lipinski definition) is 1. The van der Waals surface area contributed by atoms with Crippen LogP contribution in [0.3, 0.4) is 0 Å². The van der Waals surface area contributed by atoms with Crippen LogP contribution in [-0.4, -0.2) is 28.0 Å². The van der Waals surface area contributed by atoms with Gasteiger partial charge in [-0.25, -0.2) is 8.42 Å². The van der Waals surface area contributed by atoms with Crippen LogP contribution in [-0.2, 0) is 23.1 Å². The van der Waals surface area contributed by atoms with E-state index >= 15 is 0 Å². The Morgan fingerprint density at radius 1 is 1.15 bits per heavy atom. The first kappa shape index (κ1) is 20.2. The van der Waals surface area contributed by atoms with Crippen molar-refractivity contribution in [3.05, 3.63) is 56.4 Å². The Bertz CT molecular complexity index is 1090. The SMILES string of the molecule is CCn1cc(S(=O)(=O)Nc2nn(Cc3ccc(Cl)c(Cl)c3)cc2Br)c(C)n1. The molecule has 0 aliphatic rings. The molecular formula is C16H16BrCl2N5O2S. The molecule has 3 rings (SSSR count). The number of nitrogens with one attached hydrogen (secondary N) is 1. The molecule has 0 saturated heterocycles. The number of anilines is 1. The van der Waals surface area contributed by atoms with E-state index in [-0.39, 0.29) is 10.7 Å². The summed E-state index contributed by atoms with van der Waals surface area (Å²) in [4.78, 5) is 0.121. The first-order valence-electron chi connectivity index (χ1n) is 7.93. The van der Waals surface area contributed by atoms with Crippen LogP contribution in [0.4, 0.5) is 5.82 Å². The van der Waals surface area contributed by atoms with E-state index in [4.69, 9.17) is 23.2 Å². The van der Waals surface area contributed by atoms with Crippen LogP contribution in [0, 0.1) is 6.92 Å². The van der Waals surface area contributed by atoms with Crippen LogP contribution >= 0.6 is 39.1 Å². The van der Waals surface area contributed by atoms with Gasteiger partial charge < -0.3 is 0 Å². The first-order chi connectivity index (χ1) is 12.7. The molecular weight excluding hydrogens is 477 g/mol. The summed E-state index contributed by atoms with van der Waals surface area (Å²) in [5.41, 5.74) is 1.31. The quantitative estimate of drug-likeness (QED) is 0.555. The lowest BCUT2D eigenvalue weighted by atomic mass is 10.2. The predicted octanol–water partition coefficient (Wildman–Crippen LogP) is 4.33. The fourth-order valence-corrected chi connectivity index (χ4v) is 4.55. The molecule has 0 aliphatic carbocycles. The number of sulfonamides is 1. The summed E-state index contributed by atoms with van der Waals surface area (Å²) in [6.45, 7) is 4.53. The van der Waals surface area contributed by atoms with E-state index in [1.54, 1.807) is 34.6 Å². The molecule has 27 heavy (non-hydrogen) atoms. The topological polar surface area (TPSA) is 81.8 Å². The van der Waals surface area contributed by atoms with Gasteiger partial charge in [0.1, 0.15) is 4.90 Å². The van der Waals surface area contributed by atoms with Gasteiger partial charge >= 0.3 is 0 Å². The van der Waals surface area contributed by atoms with Crippen molar-refractivity contribution < 1.29 is 8.42 Å². The molecule has 0 radical (unpaired) electrons. The summed E-state index contributed by atoms with van der Waals surface area (Å²) in [5, 5.41) is 9.39. The number of aromatic nitrogens is 4. The Kier molecular flexibility index (Phi) is 5.85. The van der Waals surface area contributed by atoms with Gasteiger partial charge in [0.05, 0.1) is 26.8 Å². The molecule has 0 atom stereocenters. The molecule has 0 aliphatic heterocycles. The van der Waals surface area contributed by atoms with Gasteiger partial charge in [-0.3, -0.25) is 14.1 Å². The average molecular weight is 493 g/mol. The van der Waals surface area contributed by atoms with Crippen LogP contribution in [0.25, 0.3) is 0 Å². The molecule has 144 valence electrons. The van der Waals surface area contributed by atoms with E-state index < -0.39 is 10.0 Å². The lowest BCUT2D eigenvalue weighted by Crippen LogP contribution is -2.14.